The first-order valence-electron chi connectivity index (χ1n) is 6.14. The lowest BCUT2D eigenvalue weighted by Crippen LogP contribution is -1.98. The molecule has 3 rings (SSSR count). The van der Waals surface area contributed by atoms with Crippen molar-refractivity contribution in [2.45, 2.75) is 6.61 Å². The molecule has 19 heavy (non-hydrogen) atoms. The minimum absolute atomic E-state index is 0.453. The molecule has 0 unspecified atom stereocenters. The first kappa shape index (κ1) is 11.5. The number of aromatic nitrogens is 1. The molecule has 94 valence electrons. The number of nitrogen functional groups attached to an aromatic ring is 1. The Morgan fingerprint density at radius 2 is 1.74 bits per heavy atom. The molecule has 0 radical (unpaired) electrons. The number of nitrogens with zero attached hydrogens (tertiary/aromatic N) is 1. The van der Waals surface area contributed by atoms with E-state index in [0.29, 0.717) is 6.61 Å². The van der Waals surface area contributed by atoms with Gasteiger partial charge in [0.1, 0.15) is 12.4 Å². The van der Waals surface area contributed by atoms with Gasteiger partial charge in [-0.2, -0.15) is 0 Å². The van der Waals surface area contributed by atoms with Gasteiger partial charge in [-0.15, -0.1) is 0 Å². The zero-order valence-corrected chi connectivity index (χ0v) is 10.4. The molecule has 1 heterocycles. The summed E-state index contributed by atoms with van der Waals surface area (Å²) in [4.78, 5) is 4.24. The van der Waals surface area contributed by atoms with Crippen LogP contribution in [0.1, 0.15) is 5.69 Å². The molecule has 0 spiro atoms. The van der Waals surface area contributed by atoms with Crippen LogP contribution in [-0.2, 0) is 6.61 Å². The molecular weight excluding hydrogens is 236 g/mol. The zero-order valence-electron chi connectivity index (χ0n) is 10.4. The van der Waals surface area contributed by atoms with E-state index in [0.717, 1.165) is 27.9 Å². The van der Waals surface area contributed by atoms with Gasteiger partial charge in [0.2, 0.25) is 0 Å². The molecule has 3 nitrogen and oxygen atoms in total. The van der Waals surface area contributed by atoms with E-state index in [2.05, 4.69) is 4.98 Å². The molecule has 2 N–H and O–H groups in total. The predicted octanol–water partition coefficient (Wildman–Crippen LogP) is 3.40. The molecule has 0 saturated heterocycles. The maximum absolute atomic E-state index is 5.96. The Kier molecular flexibility index (Phi) is 3.02. The van der Waals surface area contributed by atoms with Crippen LogP contribution < -0.4 is 10.5 Å². The Morgan fingerprint density at radius 1 is 0.895 bits per heavy atom. The van der Waals surface area contributed by atoms with Crippen LogP contribution in [0.3, 0.4) is 0 Å². The van der Waals surface area contributed by atoms with E-state index in [1.165, 1.54) is 0 Å². The van der Waals surface area contributed by atoms with Crippen molar-refractivity contribution < 1.29 is 4.74 Å². The second-order valence-corrected chi connectivity index (χ2v) is 4.31. The molecule has 2 aromatic carbocycles. The zero-order chi connectivity index (χ0) is 13.1. The fraction of sp³-hybridized carbons (Fsp3) is 0.0625. The van der Waals surface area contributed by atoms with Crippen molar-refractivity contribution in [1.82, 2.24) is 4.98 Å². The number of ether oxygens (including phenoxy) is 1. The number of rotatable bonds is 3. The van der Waals surface area contributed by atoms with Crippen molar-refractivity contribution in [3.8, 4) is 5.75 Å². The molecule has 0 bridgehead atoms. The van der Waals surface area contributed by atoms with Gasteiger partial charge in [0.05, 0.1) is 5.69 Å². The first-order chi connectivity index (χ1) is 9.34. The molecular formula is C16H14N2O. The third-order valence-electron chi connectivity index (χ3n) is 3.02. The summed E-state index contributed by atoms with van der Waals surface area (Å²) in [5.41, 5.74) is 7.64. The monoisotopic (exact) mass is 250 g/mol. The molecule has 0 atom stereocenters. The SMILES string of the molecule is Nc1cccc2c(OCc3ccccn3)cccc12. The van der Waals surface area contributed by atoms with Crippen molar-refractivity contribution in [2.75, 3.05) is 5.73 Å². The van der Waals surface area contributed by atoms with Crippen LogP contribution in [0.5, 0.6) is 5.75 Å². The minimum atomic E-state index is 0.453. The number of nitrogens with two attached hydrogens (primary N) is 1. The summed E-state index contributed by atoms with van der Waals surface area (Å²) in [5, 5.41) is 2.04. The summed E-state index contributed by atoms with van der Waals surface area (Å²) in [7, 11) is 0. The lowest BCUT2D eigenvalue weighted by Gasteiger charge is -2.10. The fourth-order valence-electron chi connectivity index (χ4n) is 2.07. The van der Waals surface area contributed by atoms with Gasteiger partial charge in [0, 0.05) is 22.7 Å². The largest absolute Gasteiger partial charge is 0.487 e. The molecule has 3 heteroatoms. The summed E-state index contributed by atoms with van der Waals surface area (Å²) >= 11 is 0. The number of pyridine rings is 1. The Bertz CT molecular complexity index is 695. The highest BCUT2D eigenvalue weighted by molar-refractivity contribution is 5.96. The van der Waals surface area contributed by atoms with Crippen LogP contribution in [0.2, 0.25) is 0 Å². The second-order valence-electron chi connectivity index (χ2n) is 4.31. The van der Waals surface area contributed by atoms with Gasteiger partial charge >= 0.3 is 0 Å². The Labute approximate surface area is 111 Å². The van der Waals surface area contributed by atoms with Crippen LogP contribution in [0.15, 0.2) is 60.8 Å². The van der Waals surface area contributed by atoms with Crippen molar-refractivity contribution in [3.63, 3.8) is 0 Å². The third kappa shape index (κ3) is 2.36. The normalized spacial score (nSPS) is 10.5. The molecule has 1 aromatic heterocycles. The number of anilines is 1. The summed E-state index contributed by atoms with van der Waals surface area (Å²) in [6.07, 6.45) is 1.76. The van der Waals surface area contributed by atoms with Crippen LogP contribution in [0.25, 0.3) is 10.8 Å². The first-order valence-corrected chi connectivity index (χ1v) is 6.14. The molecule has 0 amide bonds. The lowest BCUT2D eigenvalue weighted by molar-refractivity contribution is 0.305. The third-order valence-corrected chi connectivity index (χ3v) is 3.02. The van der Waals surface area contributed by atoms with Crippen LogP contribution in [0.4, 0.5) is 5.69 Å². The van der Waals surface area contributed by atoms with E-state index < -0.39 is 0 Å². The van der Waals surface area contributed by atoms with Gasteiger partial charge < -0.3 is 10.5 Å². The van der Waals surface area contributed by atoms with E-state index in [1.54, 1.807) is 6.20 Å². The van der Waals surface area contributed by atoms with Crippen molar-refractivity contribution in [3.05, 3.63) is 66.5 Å². The summed E-state index contributed by atoms with van der Waals surface area (Å²) < 4.78 is 5.84. The van der Waals surface area contributed by atoms with Gasteiger partial charge in [-0.3, -0.25) is 4.98 Å². The predicted molar refractivity (Wildman–Crippen MR) is 76.9 cm³/mol. The second kappa shape index (κ2) is 4.98. The summed E-state index contributed by atoms with van der Waals surface area (Å²) in [6, 6.07) is 17.5. The van der Waals surface area contributed by atoms with Crippen molar-refractivity contribution in [2.24, 2.45) is 0 Å². The molecule has 0 aliphatic rings. The van der Waals surface area contributed by atoms with Gasteiger partial charge in [-0.05, 0) is 24.3 Å². The number of hydrogen-bond donors (Lipinski definition) is 1. The highest BCUT2D eigenvalue weighted by Gasteiger charge is 2.04. The van der Waals surface area contributed by atoms with E-state index in [9.17, 15) is 0 Å². The summed E-state index contributed by atoms with van der Waals surface area (Å²) in [6.45, 7) is 0.453. The maximum atomic E-state index is 5.96. The number of benzene rings is 2. The highest BCUT2D eigenvalue weighted by Crippen LogP contribution is 2.29. The standard InChI is InChI=1S/C16H14N2O/c17-15-8-3-7-14-13(15)6-4-9-16(14)19-11-12-5-1-2-10-18-12/h1-10H,11,17H2. The smallest absolute Gasteiger partial charge is 0.130 e. The van der Waals surface area contributed by atoms with E-state index >= 15 is 0 Å². The topological polar surface area (TPSA) is 48.1 Å². The van der Waals surface area contributed by atoms with Crippen LogP contribution in [-0.4, -0.2) is 4.98 Å². The van der Waals surface area contributed by atoms with Crippen molar-refractivity contribution in [1.29, 1.82) is 0 Å². The molecule has 0 aliphatic carbocycles. The van der Waals surface area contributed by atoms with E-state index in [4.69, 9.17) is 10.5 Å². The fourth-order valence-corrected chi connectivity index (χ4v) is 2.07. The van der Waals surface area contributed by atoms with E-state index in [-0.39, 0.29) is 0 Å². The Balaban J connectivity index is 1.91. The quantitative estimate of drug-likeness (QED) is 0.725. The van der Waals surface area contributed by atoms with E-state index in [1.807, 2.05) is 54.6 Å². The van der Waals surface area contributed by atoms with Crippen LogP contribution in [0, 0.1) is 0 Å². The maximum Gasteiger partial charge on any atom is 0.130 e. The Morgan fingerprint density at radius 3 is 2.58 bits per heavy atom. The van der Waals surface area contributed by atoms with Gasteiger partial charge in [0.25, 0.3) is 0 Å². The molecule has 0 saturated carbocycles. The number of hydrogen-bond acceptors (Lipinski definition) is 3. The number of fused-ring (bicyclic) bond motifs is 1. The molecule has 0 aliphatic heterocycles. The average Bonchev–Trinajstić information content (AvgIpc) is 2.47. The highest BCUT2D eigenvalue weighted by atomic mass is 16.5. The minimum Gasteiger partial charge on any atom is -0.487 e. The lowest BCUT2D eigenvalue weighted by atomic mass is 10.1. The molecule has 3 aromatic rings. The van der Waals surface area contributed by atoms with Gasteiger partial charge in [-0.1, -0.05) is 30.3 Å². The summed E-state index contributed by atoms with van der Waals surface area (Å²) in [5.74, 6) is 0.829. The van der Waals surface area contributed by atoms with Gasteiger partial charge in [-0.25, -0.2) is 0 Å². The molecule has 0 fully saturated rings. The van der Waals surface area contributed by atoms with Crippen LogP contribution >= 0.6 is 0 Å². The van der Waals surface area contributed by atoms with Crippen molar-refractivity contribution >= 4 is 16.5 Å². The van der Waals surface area contributed by atoms with Gasteiger partial charge in [0.15, 0.2) is 0 Å². The Hall–Kier alpha value is -2.55. The average molecular weight is 250 g/mol.